The van der Waals surface area contributed by atoms with Crippen molar-refractivity contribution in [3.05, 3.63) is 40.3 Å². The van der Waals surface area contributed by atoms with Gasteiger partial charge in [0, 0.05) is 28.6 Å². The first-order valence-corrected chi connectivity index (χ1v) is 6.32. The zero-order valence-electron chi connectivity index (χ0n) is 9.17. The van der Waals surface area contributed by atoms with Gasteiger partial charge in [-0.2, -0.15) is 0 Å². The molecule has 1 N–H and O–H groups in total. The van der Waals surface area contributed by atoms with Gasteiger partial charge in [0.15, 0.2) is 0 Å². The number of azide groups is 1. The second kappa shape index (κ2) is 5.61. The summed E-state index contributed by atoms with van der Waals surface area (Å²) in [6.07, 6.45) is 0. The zero-order valence-corrected chi connectivity index (χ0v) is 9.98. The lowest BCUT2D eigenvalue weighted by Gasteiger charge is -2.10. The van der Waals surface area contributed by atoms with Crippen molar-refractivity contribution in [2.75, 3.05) is 18.8 Å². The van der Waals surface area contributed by atoms with Crippen molar-refractivity contribution in [2.45, 2.75) is 10.8 Å². The van der Waals surface area contributed by atoms with Crippen LogP contribution in [0.4, 0.5) is 0 Å². The first kappa shape index (κ1) is 11.8. The van der Waals surface area contributed by atoms with E-state index in [-0.39, 0.29) is 11.8 Å². The quantitative estimate of drug-likeness (QED) is 0.384. The fourth-order valence-electron chi connectivity index (χ4n) is 1.78. The van der Waals surface area contributed by atoms with Crippen LogP contribution in [0, 0.1) is 0 Å². The van der Waals surface area contributed by atoms with Gasteiger partial charge in [-0.25, -0.2) is 0 Å². The van der Waals surface area contributed by atoms with Gasteiger partial charge in [0.2, 0.25) is 5.91 Å². The molecule has 0 radical (unpaired) electrons. The van der Waals surface area contributed by atoms with Crippen LogP contribution in [-0.2, 0) is 4.79 Å². The van der Waals surface area contributed by atoms with Gasteiger partial charge in [-0.3, -0.25) is 4.79 Å². The summed E-state index contributed by atoms with van der Waals surface area (Å²) in [6, 6.07) is 7.96. The third-order valence-corrected chi connectivity index (χ3v) is 3.77. The number of hydrogen-bond acceptors (Lipinski definition) is 3. The van der Waals surface area contributed by atoms with Crippen LogP contribution in [0.25, 0.3) is 10.4 Å². The monoisotopic (exact) mass is 248 g/mol. The van der Waals surface area contributed by atoms with Crippen LogP contribution < -0.4 is 5.32 Å². The molecule has 1 unspecified atom stereocenters. The Balaban J connectivity index is 1.95. The van der Waals surface area contributed by atoms with E-state index in [0.717, 1.165) is 11.3 Å². The highest BCUT2D eigenvalue weighted by atomic mass is 32.2. The van der Waals surface area contributed by atoms with Crippen molar-refractivity contribution in [3.8, 4) is 0 Å². The van der Waals surface area contributed by atoms with Gasteiger partial charge in [-0.05, 0) is 17.2 Å². The molecule has 6 heteroatoms. The number of carbonyl (C=O) groups is 1. The van der Waals surface area contributed by atoms with E-state index in [9.17, 15) is 4.79 Å². The highest BCUT2D eigenvalue weighted by Gasteiger charge is 2.28. The Morgan fingerprint density at radius 1 is 1.59 bits per heavy atom. The van der Waals surface area contributed by atoms with Crippen molar-refractivity contribution in [1.82, 2.24) is 5.32 Å². The Morgan fingerprint density at radius 3 is 3.24 bits per heavy atom. The molecule has 0 bridgehead atoms. The van der Waals surface area contributed by atoms with Gasteiger partial charge in [-0.15, -0.1) is 11.8 Å². The molecule has 0 aliphatic carbocycles. The molecule has 1 atom stereocenters. The number of nitrogens with one attached hydrogen (secondary N) is 1. The van der Waals surface area contributed by atoms with E-state index in [0.29, 0.717) is 13.1 Å². The van der Waals surface area contributed by atoms with E-state index < -0.39 is 0 Å². The largest absolute Gasteiger partial charge is 0.355 e. The van der Waals surface area contributed by atoms with Gasteiger partial charge in [0.1, 0.15) is 0 Å². The first-order valence-electron chi connectivity index (χ1n) is 5.33. The Bertz CT molecular complexity index is 470. The van der Waals surface area contributed by atoms with Gasteiger partial charge in [0.25, 0.3) is 0 Å². The van der Waals surface area contributed by atoms with Gasteiger partial charge >= 0.3 is 0 Å². The van der Waals surface area contributed by atoms with Crippen LogP contribution in [-0.4, -0.2) is 24.7 Å². The average molecular weight is 248 g/mol. The molecule has 1 amide bonds. The van der Waals surface area contributed by atoms with Gasteiger partial charge in [-0.1, -0.05) is 23.3 Å². The normalized spacial score (nSPS) is 17.1. The molecule has 1 aromatic rings. The van der Waals surface area contributed by atoms with Crippen LogP contribution in [0.1, 0.15) is 11.5 Å². The maximum Gasteiger partial charge on any atom is 0.228 e. The van der Waals surface area contributed by atoms with E-state index in [1.54, 1.807) is 11.8 Å². The van der Waals surface area contributed by atoms with Gasteiger partial charge < -0.3 is 5.32 Å². The van der Waals surface area contributed by atoms with E-state index in [2.05, 4.69) is 15.3 Å². The summed E-state index contributed by atoms with van der Waals surface area (Å²) >= 11 is 1.71. The minimum Gasteiger partial charge on any atom is -0.355 e. The molecule has 1 heterocycles. The van der Waals surface area contributed by atoms with Gasteiger partial charge in [0.05, 0.1) is 5.92 Å². The maximum atomic E-state index is 11.9. The fourth-order valence-corrected chi connectivity index (χ4v) is 3.01. The third kappa shape index (κ3) is 2.72. The van der Waals surface area contributed by atoms with Crippen LogP contribution in [0.5, 0.6) is 0 Å². The lowest BCUT2D eigenvalue weighted by molar-refractivity contribution is -0.122. The Morgan fingerprint density at radius 2 is 2.41 bits per heavy atom. The average Bonchev–Trinajstić information content (AvgIpc) is 2.78. The summed E-state index contributed by atoms with van der Waals surface area (Å²) in [7, 11) is 0. The van der Waals surface area contributed by atoms with Crippen molar-refractivity contribution in [2.24, 2.45) is 5.11 Å². The lowest BCUT2D eigenvalue weighted by Crippen LogP contribution is -2.31. The standard InChI is InChI=1S/C11H12N4OS/c12-15-14-6-5-13-11(16)9-7-17-10-4-2-1-3-8(9)10/h1-4,9H,5-7H2,(H,13,16). The molecule has 0 aromatic heterocycles. The molecular formula is C11H12N4OS. The number of fused-ring (bicyclic) bond motifs is 1. The maximum absolute atomic E-state index is 11.9. The molecule has 1 aliphatic rings. The summed E-state index contributed by atoms with van der Waals surface area (Å²) in [5, 5.41) is 6.16. The highest BCUT2D eigenvalue weighted by molar-refractivity contribution is 7.99. The minimum atomic E-state index is -0.0812. The highest BCUT2D eigenvalue weighted by Crippen LogP contribution is 2.39. The van der Waals surface area contributed by atoms with Crippen molar-refractivity contribution in [1.29, 1.82) is 0 Å². The molecule has 0 saturated carbocycles. The predicted octanol–water partition coefficient (Wildman–Crippen LogP) is 2.30. The van der Waals surface area contributed by atoms with Crippen molar-refractivity contribution in [3.63, 3.8) is 0 Å². The zero-order chi connectivity index (χ0) is 12.1. The molecule has 1 aliphatic heterocycles. The topological polar surface area (TPSA) is 77.9 Å². The SMILES string of the molecule is [N-]=[N+]=NCCNC(=O)C1CSc2ccccc21. The lowest BCUT2D eigenvalue weighted by atomic mass is 10.0. The molecule has 5 nitrogen and oxygen atoms in total. The fraction of sp³-hybridized carbons (Fsp3) is 0.364. The third-order valence-electron chi connectivity index (χ3n) is 2.59. The van der Waals surface area contributed by atoms with E-state index in [4.69, 9.17) is 5.53 Å². The van der Waals surface area contributed by atoms with Crippen LogP contribution in [0.15, 0.2) is 34.3 Å². The number of carbonyl (C=O) groups excluding carboxylic acids is 1. The van der Waals surface area contributed by atoms with Crippen molar-refractivity contribution < 1.29 is 4.79 Å². The number of thioether (sulfide) groups is 1. The summed E-state index contributed by atoms with van der Waals surface area (Å²) in [5.41, 5.74) is 9.21. The molecule has 2 rings (SSSR count). The predicted molar refractivity (Wildman–Crippen MR) is 66.9 cm³/mol. The number of benzene rings is 1. The second-order valence-corrected chi connectivity index (χ2v) is 4.71. The Hall–Kier alpha value is -1.65. The van der Waals surface area contributed by atoms with Crippen molar-refractivity contribution >= 4 is 17.7 Å². The molecule has 88 valence electrons. The summed E-state index contributed by atoms with van der Waals surface area (Å²) in [5.74, 6) is 0.713. The molecule has 1 aromatic carbocycles. The Kier molecular flexibility index (Phi) is 3.90. The Labute approximate surface area is 103 Å². The van der Waals surface area contributed by atoms with Crippen LogP contribution >= 0.6 is 11.8 Å². The minimum absolute atomic E-state index is 0.00981. The number of hydrogen-bond donors (Lipinski definition) is 1. The second-order valence-electron chi connectivity index (χ2n) is 3.65. The number of amides is 1. The van der Waals surface area contributed by atoms with E-state index in [1.165, 1.54) is 4.90 Å². The number of nitrogens with zero attached hydrogens (tertiary/aromatic N) is 3. The van der Waals surface area contributed by atoms with Crippen LogP contribution in [0.2, 0.25) is 0 Å². The number of rotatable bonds is 4. The summed E-state index contributed by atoms with van der Waals surface area (Å²) in [4.78, 5) is 15.7. The summed E-state index contributed by atoms with van der Waals surface area (Å²) in [6.45, 7) is 0.690. The first-order chi connectivity index (χ1) is 8.33. The molecule has 17 heavy (non-hydrogen) atoms. The molecular weight excluding hydrogens is 236 g/mol. The molecule has 0 spiro atoms. The van der Waals surface area contributed by atoms with Crippen LogP contribution in [0.3, 0.4) is 0 Å². The van der Waals surface area contributed by atoms with E-state index >= 15 is 0 Å². The molecule has 0 saturated heterocycles. The molecule has 0 fully saturated rings. The summed E-state index contributed by atoms with van der Waals surface area (Å²) < 4.78 is 0. The smallest absolute Gasteiger partial charge is 0.228 e. The van der Waals surface area contributed by atoms with E-state index in [1.807, 2.05) is 24.3 Å².